The molecule has 0 aliphatic carbocycles. The number of unbranched alkanes of at least 4 members (excludes halogenated alkanes) is 5. The maximum absolute atomic E-state index is 6.24. The minimum atomic E-state index is -0.563. The van der Waals surface area contributed by atoms with Gasteiger partial charge in [-0.3, -0.25) is 0 Å². The Morgan fingerprint density at radius 2 is 1.54 bits per heavy atom. The molecule has 2 aliphatic rings. The van der Waals surface area contributed by atoms with Crippen LogP contribution < -0.4 is 0 Å². The third-order valence-electron chi connectivity index (χ3n) is 5.90. The molecule has 2 rings (SSSR count). The van der Waals surface area contributed by atoms with E-state index in [4.69, 9.17) is 9.47 Å². The Hall–Kier alpha value is 0.270. The molecule has 0 radical (unpaired) electrons. The van der Waals surface area contributed by atoms with Gasteiger partial charge in [-0.1, -0.05) is 39.0 Å². The molecule has 0 aromatic rings. The summed E-state index contributed by atoms with van der Waals surface area (Å²) in [4.78, 5) is 0. The van der Waals surface area contributed by atoms with Crippen molar-refractivity contribution in [2.24, 2.45) is 0 Å². The third-order valence-corrected chi connectivity index (χ3v) is 9.98. The lowest BCUT2D eigenvalue weighted by molar-refractivity contribution is 0.0698. The summed E-state index contributed by atoms with van der Waals surface area (Å²) < 4.78 is 12.0. The van der Waals surface area contributed by atoms with Crippen molar-refractivity contribution < 1.29 is 9.47 Å². The van der Waals surface area contributed by atoms with E-state index in [9.17, 15) is 0 Å². The van der Waals surface area contributed by atoms with Gasteiger partial charge < -0.3 is 9.47 Å². The van der Waals surface area contributed by atoms with Crippen LogP contribution in [0.25, 0.3) is 0 Å². The highest BCUT2D eigenvalue weighted by molar-refractivity contribution is 8.33. The van der Waals surface area contributed by atoms with E-state index in [0.29, 0.717) is 11.5 Å². The first-order valence-electron chi connectivity index (χ1n) is 10.7. The fourth-order valence-electron chi connectivity index (χ4n) is 4.24. The molecule has 2 aliphatic heterocycles. The molecule has 0 aromatic heterocycles. The lowest BCUT2D eigenvalue weighted by Crippen LogP contribution is -2.29. The molecule has 0 spiro atoms. The van der Waals surface area contributed by atoms with Crippen LogP contribution in [0.5, 0.6) is 0 Å². The van der Waals surface area contributed by atoms with E-state index in [1.165, 1.54) is 95.0 Å². The van der Waals surface area contributed by atoms with Crippen molar-refractivity contribution in [3.63, 3.8) is 0 Å². The van der Waals surface area contributed by atoms with Crippen molar-refractivity contribution in [3.8, 4) is 0 Å². The molecular formula is C21H42O2S. The van der Waals surface area contributed by atoms with Crippen LogP contribution in [0.3, 0.4) is 0 Å². The summed E-state index contributed by atoms with van der Waals surface area (Å²) >= 11 is 0. The van der Waals surface area contributed by atoms with Gasteiger partial charge in [0.05, 0.1) is 11.5 Å². The maximum Gasteiger partial charge on any atom is 0.0876 e. The number of hydrogen-bond acceptors (Lipinski definition) is 2. The summed E-state index contributed by atoms with van der Waals surface area (Å²) in [5, 5.41) is 0. The molecular weight excluding hydrogens is 316 g/mol. The number of rotatable bonds is 12. The van der Waals surface area contributed by atoms with Crippen LogP contribution in [0.2, 0.25) is 0 Å². The molecule has 2 heterocycles. The number of hydrogen-bond donors (Lipinski definition) is 0. The Kier molecular flexibility index (Phi) is 10.1. The minimum Gasteiger partial charge on any atom is -0.378 e. The molecule has 24 heavy (non-hydrogen) atoms. The normalized spacial score (nSPS) is 28.6. The summed E-state index contributed by atoms with van der Waals surface area (Å²) in [6.07, 6.45) is 20.8. The average molecular weight is 359 g/mol. The van der Waals surface area contributed by atoms with Gasteiger partial charge in [0.15, 0.2) is 0 Å². The van der Waals surface area contributed by atoms with Crippen molar-refractivity contribution in [3.05, 3.63) is 0 Å². The second kappa shape index (κ2) is 11.8. The van der Waals surface area contributed by atoms with Crippen molar-refractivity contribution in [2.45, 2.75) is 102 Å². The first-order chi connectivity index (χ1) is 11.7. The second-order valence-corrected chi connectivity index (χ2v) is 12.1. The highest BCUT2D eigenvalue weighted by Crippen LogP contribution is 2.53. The molecule has 0 amide bonds. The van der Waals surface area contributed by atoms with Crippen molar-refractivity contribution >= 4 is 10.0 Å². The van der Waals surface area contributed by atoms with E-state index < -0.39 is 10.0 Å². The van der Waals surface area contributed by atoms with Gasteiger partial charge in [-0.05, 0) is 69.1 Å². The molecule has 3 unspecified atom stereocenters. The van der Waals surface area contributed by atoms with Crippen LogP contribution >= 0.6 is 10.0 Å². The van der Waals surface area contributed by atoms with Gasteiger partial charge in [0.25, 0.3) is 0 Å². The first kappa shape index (κ1) is 20.6. The monoisotopic (exact) mass is 358 g/mol. The maximum atomic E-state index is 6.24. The number of ether oxygens (including phenoxy) is 2. The van der Waals surface area contributed by atoms with Gasteiger partial charge in [0.1, 0.15) is 0 Å². The largest absolute Gasteiger partial charge is 0.378 e. The molecule has 2 fully saturated rings. The molecule has 0 aromatic carbocycles. The zero-order valence-electron chi connectivity index (χ0n) is 16.4. The van der Waals surface area contributed by atoms with Gasteiger partial charge in [-0.25, -0.2) is 10.0 Å². The van der Waals surface area contributed by atoms with Crippen LogP contribution in [0.4, 0.5) is 0 Å². The summed E-state index contributed by atoms with van der Waals surface area (Å²) in [5.41, 5.74) is 0.606. The summed E-state index contributed by atoms with van der Waals surface area (Å²) in [5.74, 6) is 2.89. The SMILES string of the molecule is CCCCCS(C)(CCCCCCC1CCCO1)C1CCCCO1. The van der Waals surface area contributed by atoms with E-state index in [-0.39, 0.29) is 0 Å². The molecule has 0 N–H and O–H groups in total. The Bertz CT molecular complexity index is 311. The zero-order valence-corrected chi connectivity index (χ0v) is 17.2. The van der Waals surface area contributed by atoms with Crippen molar-refractivity contribution in [1.82, 2.24) is 0 Å². The van der Waals surface area contributed by atoms with Gasteiger partial charge in [-0.2, -0.15) is 0 Å². The standard InChI is InChI=1S/C21H42O2S/c1-3-4-10-18-24(2,21-15-8-9-16-23-21)19-11-6-5-7-13-20-14-12-17-22-20/h20-21H,3-19H2,1-2H3. The van der Waals surface area contributed by atoms with Crippen LogP contribution in [-0.2, 0) is 9.47 Å². The van der Waals surface area contributed by atoms with E-state index in [1.54, 1.807) is 0 Å². The fraction of sp³-hybridized carbons (Fsp3) is 1.00. The van der Waals surface area contributed by atoms with Crippen molar-refractivity contribution in [2.75, 3.05) is 31.0 Å². The molecule has 2 saturated heterocycles. The topological polar surface area (TPSA) is 18.5 Å². The predicted octanol–water partition coefficient (Wildman–Crippen LogP) is 6.27. The highest BCUT2D eigenvalue weighted by Gasteiger charge is 2.30. The van der Waals surface area contributed by atoms with Crippen LogP contribution in [0, 0.1) is 0 Å². The fourth-order valence-corrected chi connectivity index (χ4v) is 7.85. The smallest absolute Gasteiger partial charge is 0.0876 e. The van der Waals surface area contributed by atoms with E-state index in [0.717, 1.165) is 13.2 Å². The van der Waals surface area contributed by atoms with Crippen LogP contribution in [0.1, 0.15) is 90.4 Å². The predicted molar refractivity (Wildman–Crippen MR) is 108 cm³/mol. The minimum absolute atomic E-state index is 0.563. The van der Waals surface area contributed by atoms with Crippen molar-refractivity contribution in [1.29, 1.82) is 0 Å². The van der Waals surface area contributed by atoms with E-state index in [2.05, 4.69) is 13.2 Å². The molecule has 2 nitrogen and oxygen atoms in total. The Labute approximate surface area is 152 Å². The summed E-state index contributed by atoms with van der Waals surface area (Å²) in [7, 11) is -0.563. The average Bonchev–Trinajstić information content (AvgIpc) is 3.12. The molecule has 3 atom stereocenters. The van der Waals surface area contributed by atoms with E-state index >= 15 is 0 Å². The van der Waals surface area contributed by atoms with E-state index in [1.807, 2.05) is 0 Å². The Balaban J connectivity index is 1.64. The van der Waals surface area contributed by atoms with Gasteiger partial charge in [0, 0.05) is 13.2 Å². The molecule has 0 saturated carbocycles. The highest BCUT2D eigenvalue weighted by atomic mass is 32.3. The molecule has 0 bridgehead atoms. The first-order valence-corrected chi connectivity index (χ1v) is 13.1. The Morgan fingerprint density at radius 3 is 2.21 bits per heavy atom. The quantitative estimate of drug-likeness (QED) is 0.383. The Morgan fingerprint density at radius 1 is 0.792 bits per heavy atom. The lowest BCUT2D eigenvalue weighted by Gasteiger charge is -2.45. The second-order valence-electron chi connectivity index (χ2n) is 8.10. The zero-order chi connectivity index (χ0) is 17.1. The lowest BCUT2D eigenvalue weighted by atomic mass is 10.1. The van der Waals surface area contributed by atoms with Gasteiger partial charge >= 0.3 is 0 Å². The van der Waals surface area contributed by atoms with Crippen LogP contribution in [0.15, 0.2) is 0 Å². The van der Waals surface area contributed by atoms with Crippen LogP contribution in [-0.4, -0.2) is 42.5 Å². The molecule has 144 valence electrons. The third kappa shape index (κ3) is 7.25. The van der Waals surface area contributed by atoms with Gasteiger partial charge in [0.2, 0.25) is 0 Å². The van der Waals surface area contributed by atoms with Gasteiger partial charge in [-0.15, -0.1) is 0 Å². The molecule has 3 heteroatoms. The summed E-state index contributed by atoms with van der Waals surface area (Å²) in [6, 6.07) is 0. The summed E-state index contributed by atoms with van der Waals surface area (Å²) in [6.45, 7) is 4.34.